The number of imide groups is 1. The Morgan fingerprint density at radius 2 is 1.70 bits per heavy atom. The van der Waals surface area contributed by atoms with Gasteiger partial charge in [-0.15, -0.1) is 0 Å². The summed E-state index contributed by atoms with van der Waals surface area (Å²) in [6.45, 7) is 0. The standard InChI is InChI=1S/C16H15ClN2O4/c17-9-3-1-8(2-4-9)7-12(20)18-19-15(21)13-10-5-6-11(23-10)14(13)16(19)22/h1-4,10-11,13-14H,5-7H2,(H,18,20)/t10-,11-,13+,14+/m1/s1. The van der Waals surface area contributed by atoms with Gasteiger partial charge in [-0.05, 0) is 30.5 Å². The number of fused-ring (bicyclic) bond motifs is 5. The largest absolute Gasteiger partial charge is 0.373 e. The number of hydrazine groups is 1. The second-order valence-corrected chi connectivity index (χ2v) is 6.63. The van der Waals surface area contributed by atoms with Crippen molar-refractivity contribution < 1.29 is 19.1 Å². The lowest BCUT2D eigenvalue weighted by molar-refractivity contribution is -0.151. The van der Waals surface area contributed by atoms with Crippen LogP contribution in [0.3, 0.4) is 0 Å². The molecule has 0 saturated carbocycles. The topological polar surface area (TPSA) is 75.7 Å². The first-order valence-electron chi connectivity index (χ1n) is 7.62. The monoisotopic (exact) mass is 334 g/mol. The molecule has 0 aromatic heterocycles. The summed E-state index contributed by atoms with van der Waals surface area (Å²) in [6, 6.07) is 6.85. The van der Waals surface area contributed by atoms with Crippen LogP contribution in [-0.4, -0.2) is 34.9 Å². The average Bonchev–Trinajstić information content (AvgIpc) is 3.19. The van der Waals surface area contributed by atoms with E-state index in [2.05, 4.69) is 5.43 Å². The molecule has 120 valence electrons. The first kappa shape index (κ1) is 14.7. The van der Waals surface area contributed by atoms with Gasteiger partial charge in [-0.2, -0.15) is 5.01 Å². The molecule has 7 heteroatoms. The van der Waals surface area contributed by atoms with Crippen molar-refractivity contribution in [3.05, 3.63) is 34.9 Å². The zero-order chi connectivity index (χ0) is 16.1. The fraction of sp³-hybridized carbons (Fsp3) is 0.438. The predicted molar refractivity (Wildman–Crippen MR) is 80.0 cm³/mol. The van der Waals surface area contributed by atoms with E-state index in [4.69, 9.17) is 16.3 Å². The molecule has 0 spiro atoms. The number of rotatable bonds is 3. The highest BCUT2D eigenvalue weighted by Crippen LogP contribution is 2.47. The van der Waals surface area contributed by atoms with Crippen LogP contribution in [0.15, 0.2) is 24.3 Å². The molecular formula is C16H15ClN2O4. The average molecular weight is 335 g/mol. The van der Waals surface area contributed by atoms with Gasteiger partial charge in [0.05, 0.1) is 30.5 Å². The van der Waals surface area contributed by atoms with Crippen LogP contribution in [0.5, 0.6) is 0 Å². The summed E-state index contributed by atoms with van der Waals surface area (Å²) in [4.78, 5) is 36.9. The molecule has 23 heavy (non-hydrogen) atoms. The Morgan fingerprint density at radius 1 is 1.13 bits per heavy atom. The number of ether oxygens (including phenoxy) is 1. The van der Waals surface area contributed by atoms with Gasteiger partial charge in [0.15, 0.2) is 0 Å². The lowest BCUT2D eigenvalue weighted by atomic mass is 9.81. The van der Waals surface area contributed by atoms with Crippen LogP contribution >= 0.6 is 11.6 Å². The van der Waals surface area contributed by atoms with E-state index in [1.165, 1.54) is 0 Å². The normalized spacial score (nSPS) is 31.6. The number of nitrogens with one attached hydrogen (secondary N) is 1. The van der Waals surface area contributed by atoms with Gasteiger partial charge in [0.1, 0.15) is 0 Å². The fourth-order valence-corrected chi connectivity index (χ4v) is 3.90. The first-order valence-corrected chi connectivity index (χ1v) is 7.99. The highest BCUT2D eigenvalue weighted by atomic mass is 35.5. The molecule has 0 unspecified atom stereocenters. The maximum absolute atomic E-state index is 12.4. The SMILES string of the molecule is O=C(Cc1ccc(Cl)cc1)NN1C(=O)[C@@H]2[C@@H](C1=O)[C@H]1CC[C@H]2O1. The maximum atomic E-state index is 12.4. The fourth-order valence-electron chi connectivity index (χ4n) is 3.77. The minimum absolute atomic E-state index is 0.0763. The van der Waals surface area contributed by atoms with E-state index in [0.717, 1.165) is 23.4 Å². The number of hydrogen-bond acceptors (Lipinski definition) is 4. The Balaban J connectivity index is 1.44. The smallest absolute Gasteiger partial charge is 0.254 e. The third-order valence-corrected chi connectivity index (χ3v) is 5.05. The lowest BCUT2D eigenvalue weighted by Crippen LogP contribution is -2.48. The molecule has 3 aliphatic rings. The number of halogens is 1. The van der Waals surface area contributed by atoms with Gasteiger partial charge >= 0.3 is 0 Å². The van der Waals surface area contributed by atoms with Crippen molar-refractivity contribution in [3.8, 4) is 0 Å². The Kier molecular flexibility index (Phi) is 3.39. The summed E-state index contributed by atoms with van der Waals surface area (Å²) in [7, 11) is 0. The summed E-state index contributed by atoms with van der Waals surface area (Å²) in [5.74, 6) is -1.97. The van der Waals surface area contributed by atoms with Crippen LogP contribution in [0.4, 0.5) is 0 Å². The Morgan fingerprint density at radius 3 is 2.26 bits per heavy atom. The minimum Gasteiger partial charge on any atom is -0.373 e. The molecule has 3 aliphatic heterocycles. The van der Waals surface area contributed by atoms with Gasteiger partial charge in [0.2, 0.25) is 5.91 Å². The van der Waals surface area contributed by atoms with Crippen LogP contribution in [0, 0.1) is 11.8 Å². The second-order valence-electron chi connectivity index (χ2n) is 6.19. The number of carbonyl (C=O) groups excluding carboxylic acids is 3. The molecule has 3 saturated heterocycles. The predicted octanol–water partition coefficient (Wildman–Crippen LogP) is 1.08. The molecule has 0 radical (unpaired) electrons. The van der Waals surface area contributed by atoms with E-state index in [1.54, 1.807) is 24.3 Å². The highest BCUT2D eigenvalue weighted by Gasteiger charge is 2.62. The molecule has 1 aromatic carbocycles. The third-order valence-electron chi connectivity index (χ3n) is 4.80. The second kappa shape index (κ2) is 5.32. The number of carbonyl (C=O) groups is 3. The van der Waals surface area contributed by atoms with Gasteiger partial charge in [0, 0.05) is 5.02 Å². The van der Waals surface area contributed by atoms with Crippen molar-refractivity contribution in [2.75, 3.05) is 0 Å². The molecule has 4 rings (SSSR count). The van der Waals surface area contributed by atoms with Crippen molar-refractivity contribution in [2.24, 2.45) is 11.8 Å². The summed E-state index contributed by atoms with van der Waals surface area (Å²) in [6.07, 6.45) is 1.32. The third kappa shape index (κ3) is 2.33. The molecule has 2 bridgehead atoms. The quantitative estimate of drug-likeness (QED) is 0.839. The van der Waals surface area contributed by atoms with Crippen molar-refractivity contribution in [2.45, 2.75) is 31.5 Å². The van der Waals surface area contributed by atoms with E-state index in [9.17, 15) is 14.4 Å². The number of nitrogens with zero attached hydrogens (tertiary/aromatic N) is 1. The van der Waals surface area contributed by atoms with Crippen molar-refractivity contribution in [1.29, 1.82) is 0 Å². The van der Waals surface area contributed by atoms with E-state index in [0.29, 0.717) is 5.02 Å². The van der Waals surface area contributed by atoms with Gasteiger partial charge in [-0.25, -0.2) is 0 Å². The first-order chi connectivity index (χ1) is 11.0. The highest BCUT2D eigenvalue weighted by molar-refractivity contribution is 6.30. The lowest BCUT2D eigenvalue weighted by Gasteiger charge is -2.18. The van der Waals surface area contributed by atoms with Crippen LogP contribution in [-0.2, 0) is 25.5 Å². The zero-order valence-corrected chi connectivity index (χ0v) is 13.0. The van der Waals surface area contributed by atoms with E-state index >= 15 is 0 Å². The van der Waals surface area contributed by atoms with Crippen LogP contribution in [0.25, 0.3) is 0 Å². The van der Waals surface area contributed by atoms with Crippen LogP contribution < -0.4 is 5.43 Å². The summed E-state index contributed by atoms with van der Waals surface area (Å²) < 4.78 is 5.65. The number of benzene rings is 1. The van der Waals surface area contributed by atoms with Crippen LogP contribution in [0.1, 0.15) is 18.4 Å². The van der Waals surface area contributed by atoms with Gasteiger partial charge in [0.25, 0.3) is 11.8 Å². The molecule has 1 N–H and O–H groups in total. The Bertz CT molecular complexity index is 662. The summed E-state index contributed by atoms with van der Waals surface area (Å²) >= 11 is 5.80. The van der Waals surface area contributed by atoms with E-state index < -0.39 is 17.7 Å². The Labute approximate surface area is 137 Å². The molecule has 3 fully saturated rings. The van der Waals surface area contributed by atoms with E-state index in [1.807, 2.05) is 0 Å². The van der Waals surface area contributed by atoms with Gasteiger partial charge in [-0.3, -0.25) is 19.8 Å². The molecule has 3 amide bonds. The molecule has 0 aliphatic carbocycles. The van der Waals surface area contributed by atoms with Crippen molar-refractivity contribution in [1.82, 2.24) is 10.4 Å². The van der Waals surface area contributed by atoms with Crippen molar-refractivity contribution >= 4 is 29.3 Å². The number of amides is 3. The molecular weight excluding hydrogens is 320 g/mol. The van der Waals surface area contributed by atoms with Gasteiger partial charge < -0.3 is 4.74 Å². The van der Waals surface area contributed by atoms with E-state index in [-0.39, 0.29) is 30.4 Å². The minimum atomic E-state index is -0.433. The van der Waals surface area contributed by atoms with Crippen molar-refractivity contribution in [3.63, 3.8) is 0 Å². The molecule has 3 heterocycles. The van der Waals surface area contributed by atoms with Crippen LogP contribution in [0.2, 0.25) is 5.02 Å². The molecule has 6 nitrogen and oxygen atoms in total. The summed E-state index contributed by atoms with van der Waals surface area (Å²) in [5, 5.41) is 1.48. The molecule has 1 aromatic rings. The maximum Gasteiger partial charge on any atom is 0.254 e. The molecule has 4 atom stereocenters. The number of hydrogen-bond donors (Lipinski definition) is 1. The summed E-state index contributed by atoms with van der Waals surface area (Å²) in [5.41, 5.74) is 3.20. The zero-order valence-electron chi connectivity index (χ0n) is 12.2. The van der Waals surface area contributed by atoms with Gasteiger partial charge in [-0.1, -0.05) is 23.7 Å². The Hall–Kier alpha value is -1.92.